The van der Waals surface area contributed by atoms with Crippen molar-refractivity contribution in [2.75, 3.05) is 4.90 Å². The molecule has 0 aliphatic heterocycles. The van der Waals surface area contributed by atoms with Crippen molar-refractivity contribution in [1.82, 2.24) is 0 Å². The largest absolute Gasteiger partial charge is 0.310 e. The zero-order valence-corrected chi connectivity index (χ0v) is 25.5. The third-order valence-electron chi connectivity index (χ3n) is 10.3. The summed E-state index contributed by atoms with van der Waals surface area (Å²) < 4.78 is 0. The van der Waals surface area contributed by atoms with E-state index in [1.165, 1.54) is 55.3 Å². The second-order valence-corrected chi connectivity index (χ2v) is 12.9. The van der Waals surface area contributed by atoms with Gasteiger partial charge in [0.1, 0.15) is 0 Å². The van der Waals surface area contributed by atoms with Crippen LogP contribution in [0.4, 0.5) is 17.1 Å². The molecule has 7 aromatic carbocycles. The zero-order valence-electron chi connectivity index (χ0n) is 25.5. The quantitative estimate of drug-likeness (QED) is 0.203. The predicted octanol–water partition coefficient (Wildman–Crippen LogP) is 11.3. The monoisotopic (exact) mass is 575 g/mol. The number of hydrogen-bond acceptors (Lipinski definition) is 1. The van der Waals surface area contributed by atoms with Crippen LogP contribution in [-0.2, 0) is 10.8 Å². The van der Waals surface area contributed by atoms with Gasteiger partial charge in [-0.2, -0.15) is 0 Å². The summed E-state index contributed by atoms with van der Waals surface area (Å²) >= 11 is 0. The van der Waals surface area contributed by atoms with E-state index in [1.54, 1.807) is 0 Å². The number of rotatable bonds is 3. The van der Waals surface area contributed by atoms with Crippen molar-refractivity contribution in [3.63, 3.8) is 0 Å². The molecule has 214 valence electrons. The van der Waals surface area contributed by atoms with Crippen LogP contribution in [0, 0.1) is 0 Å². The number of anilines is 3. The number of fused-ring (bicyclic) bond motifs is 10. The first-order chi connectivity index (χ1) is 22.1. The summed E-state index contributed by atoms with van der Waals surface area (Å²) in [5.41, 5.74) is 13.9. The van der Waals surface area contributed by atoms with Gasteiger partial charge in [-0.3, -0.25) is 0 Å². The molecule has 0 saturated heterocycles. The highest BCUT2D eigenvalue weighted by atomic mass is 15.1. The standard InChI is InChI=1S/C44H33N/c1-43(2)39-20-10-12-22-41(39)44(42-23-13-11-21-40(42)43)37-19-9-8-18-35(37)36-29-34(26-27-38(36)44)45(32-16-4-3-5-17-32)33-25-24-30-14-6-7-15-31(30)28-33/h3-29H,1-2H3. The second kappa shape index (κ2) is 9.55. The normalized spacial score (nSPS) is 14.8. The van der Waals surface area contributed by atoms with E-state index in [0.717, 1.165) is 17.1 Å². The lowest BCUT2D eigenvalue weighted by Crippen LogP contribution is -2.40. The Balaban J connectivity index is 1.33. The molecule has 2 aliphatic rings. The van der Waals surface area contributed by atoms with Crippen molar-refractivity contribution >= 4 is 27.8 Å². The highest BCUT2D eigenvalue weighted by Crippen LogP contribution is 2.62. The average Bonchev–Trinajstić information content (AvgIpc) is 3.38. The molecule has 0 amide bonds. The van der Waals surface area contributed by atoms with Crippen molar-refractivity contribution in [2.45, 2.75) is 24.7 Å². The van der Waals surface area contributed by atoms with E-state index in [-0.39, 0.29) is 10.8 Å². The Labute approximate surface area is 265 Å². The third kappa shape index (κ3) is 3.56. The number of hydrogen-bond donors (Lipinski definition) is 0. The van der Waals surface area contributed by atoms with Crippen molar-refractivity contribution in [1.29, 1.82) is 0 Å². The van der Waals surface area contributed by atoms with Gasteiger partial charge in [0.2, 0.25) is 0 Å². The molecule has 1 nitrogen and oxygen atoms in total. The lowest BCUT2D eigenvalue weighted by molar-refractivity contribution is 0.563. The highest BCUT2D eigenvalue weighted by molar-refractivity contribution is 5.93. The van der Waals surface area contributed by atoms with Gasteiger partial charge < -0.3 is 4.90 Å². The SMILES string of the molecule is CC1(C)c2ccccc2C2(c3ccccc3-c3cc(N(c4ccccc4)c4ccc5ccccc5c4)ccc32)c2ccccc21. The molecule has 0 radical (unpaired) electrons. The van der Waals surface area contributed by atoms with E-state index in [0.29, 0.717) is 0 Å². The van der Waals surface area contributed by atoms with Gasteiger partial charge in [-0.25, -0.2) is 0 Å². The molecule has 7 aromatic rings. The van der Waals surface area contributed by atoms with Crippen molar-refractivity contribution in [3.8, 4) is 11.1 Å². The van der Waals surface area contributed by atoms with E-state index >= 15 is 0 Å². The molecule has 0 bridgehead atoms. The van der Waals surface area contributed by atoms with Crippen LogP contribution in [0.2, 0.25) is 0 Å². The van der Waals surface area contributed by atoms with Crippen LogP contribution >= 0.6 is 0 Å². The van der Waals surface area contributed by atoms with Gasteiger partial charge in [-0.05, 0) is 91.7 Å². The summed E-state index contributed by atoms with van der Waals surface area (Å²) in [6.45, 7) is 4.76. The fourth-order valence-corrected chi connectivity index (χ4v) is 8.33. The van der Waals surface area contributed by atoms with Crippen LogP contribution in [0.5, 0.6) is 0 Å². The molecular weight excluding hydrogens is 542 g/mol. The molecule has 0 heterocycles. The predicted molar refractivity (Wildman–Crippen MR) is 188 cm³/mol. The van der Waals surface area contributed by atoms with Gasteiger partial charge in [-0.15, -0.1) is 0 Å². The molecule has 0 unspecified atom stereocenters. The summed E-state index contributed by atoms with van der Waals surface area (Å²) in [4.78, 5) is 2.40. The van der Waals surface area contributed by atoms with Gasteiger partial charge in [0.25, 0.3) is 0 Å². The molecule has 1 heteroatoms. The fraction of sp³-hybridized carbons (Fsp3) is 0.0909. The summed E-state index contributed by atoms with van der Waals surface area (Å²) in [7, 11) is 0. The van der Waals surface area contributed by atoms with Gasteiger partial charge in [0.05, 0.1) is 5.41 Å². The van der Waals surface area contributed by atoms with Crippen LogP contribution in [0.25, 0.3) is 21.9 Å². The molecule has 0 fully saturated rings. The Morgan fingerprint density at radius 1 is 0.356 bits per heavy atom. The average molecular weight is 576 g/mol. The van der Waals surface area contributed by atoms with Crippen LogP contribution in [0.15, 0.2) is 164 Å². The van der Waals surface area contributed by atoms with E-state index in [2.05, 4.69) is 183 Å². The van der Waals surface area contributed by atoms with Crippen LogP contribution < -0.4 is 4.90 Å². The number of nitrogens with zero attached hydrogens (tertiary/aromatic N) is 1. The minimum absolute atomic E-state index is 0.101. The second-order valence-electron chi connectivity index (χ2n) is 12.9. The molecular formula is C44H33N. The molecule has 45 heavy (non-hydrogen) atoms. The van der Waals surface area contributed by atoms with Crippen molar-refractivity contribution < 1.29 is 0 Å². The van der Waals surface area contributed by atoms with Gasteiger partial charge in [-0.1, -0.05) is 141 Å². The number of benzene rings is 7. The van der Waals surface area contributed by atoms with Gasteiger partial charge >= 0.3 is 0 Å². The van der Waals surface area contributed by atoms with E-state index in [9.17, 15) is 0 Å². The molecule has 9 rings (SSSR count). The molecule has 0 saturated carbocycles. The maximum Gasteiger partial charge on any atom is 0.0719 e. The Morgan fingerprint density at radius 2 is 0.867 bits per heavy atom. The Morgan fingerprint density at radius 3 is 1.58 bits per heavy atom. The molecule has 0 atom stereocenters. The van der Waals surface area contributed by atoms with Crippen molar-refractivity contribution in [3.05, 3.63) is 197 Å². The topological polar surface area (TPSA) is 3.24 Å². The van der Waals surface area contributed by atoms with Gasteiger partial charge in [0.15, 0.2) is 0 Å². The molecule has 1 spiro atoms. The van der Waals surface area contributed by atoms with Crippen LogP contribution in [0.1, 0.15) is 47.2 Å². The van der Waals surface area contributed by atoms with Crippen molar-refractivity contribution in [2.24, 2.45) is 0 Å². The first-order valence-corrected chi connectivity index (χ1v) is 15.9. The first-order valence-electron chi connectivity index (χ1n) is 15.9. The van der Waals surface area contributed by atoms with Crippen LogP contribution in [0.3, 0.4) is 0 Å². The number of para-hydroxylation sites is 1. The third-order valence-corrected chi connectivity index (χ3v) is 10.3. The molecule has 2 aliphatic carbocycles. The van der Waals surface area contributed by atoms with Gasteiger partial charge in [0, 0.05) is 22.5 Å². The molecule has 0 aromatic heterocycles. The Bertz CT molecular complexity index is 2210. The fourth-order valence-electron chi connectivity index (χ4n) is 8.33. The maximum atomic E-state index is 2.43. The lowest BCUT2D eigenvalue weighted by Gasteiger charge is -2.46. The lowest BCUT2D eigenvalue weighted by atomic mass is 9.55. The maximum absolute atomic E-state index is 2.43. The summed E-state index contributed by atoms with van der Waals surface area (Å²) in [6.07, 6.45) is 0. The summed E-state index contributed by atoms with van der Waals surface area (Å²) in [6, 6.07) is 60.7. The molecule has 0 N–H and O–H groups in total. The van der Waals surface area contributed by atoms with Crippen LogP contribution in [-0.4, -0.2) is 0 Å². The Hall–Kier alpha value is -5.40. The first kappa shape index (κ1) is 26.0. The summed E-state index contributed by atoms with van der Waals surface area (Å²) in [5, 5.41) is 2.48. The smallest absolute Gasteiger partial charge is 0.0719 e. The Kier molecular flexibility index (Phi) is 5.53. The summed E-state index contributed by atoms with van der Waals surface area (Å²) in [5.74, 6) is 0. The van der Waals surface area contributed by atoms with E-state index in [1.807, 2.05) is 0 Å². The van der Waals surface area contributed by atoms with E-state index < -0.39 is 0 Å². The zero-order chi connectivity index (χ0) is 30.2. The minimum atomic E-state index is -0.381. The minimum Gasteiger partial charge on any atom is -0.310 e. The van der Waals surface area contributed by atoms with E-state index in [4.69, 9.17) is 0 Å². The highest BCUT2D eigenvalue weighted by Gasteiger charge is 2.53.